The lowest BCUT2D eigenvalue weighted by atomic mass is 9.89. The molecule has 0 radical (unpaired) electrons. The van der Waals surface area contributed by atoms with E-state index in [9.17, 15) is 0 Å². The fourth-order valence-electron chi connectivity index (χ4n) is 4.14. The number of nitrogens with zero attached hydrogens (tertiary/aromatic N) is 2. The third-order valence-electron chi connectivity index (χ3n) is 5.87. The molecule has 4 nitrogen and oxygen atoms in total. The lowest BCUT2D eigenvalue weighted by Gasteiger charge is -2.34. The molecule has 1 aromatic rings. The standard InChI is InChI=1S/C24H37N3O/c1-4-22-11-8-12-23(17-21-9-6-5-7-10-21)24(22)25-28-19-20(2)18-27-15-13-26(3)14-16-27/h5-7,9-10,17,20,25H,4,8,11-16,18-19H2,1-3H3/t20-/m1/s1. The second-order valence-corrected chi connectivity index (χ2v) is 8.39. The molecule has 1 aliphatic carbocycles. The van der Waals surface area contributed by atoms with E-state index in [-0.39, 0.29) is 0 Å². The number of hydrogen-bond donors (Lipinski definition) is 1. The van der Waals surface area contributed by atoms with Gasteiger partial charge in [0.1, 0.15) is 0 Å². The molecule has 3 rings (SSSR count). The van der Waals surface area contributed by atoms with E-state index in [4.69, 9.17) is 4.84 Å². The van der Waals surface area contributed by atoms with Crippen LogP contribution in [-0.2, 0) is 4.84 Å². The van der Waals surface area contributed by atoms with Gasteiger partial charge in [-0.2, -0.15) is 0 Å². The van der Waals surface area contributed by atoms with Crippen LogP contribution in [0.1, 0.15) is 45.1 Å². The maximum absolute atomic E-state index is 6.01. The number of likely N-dealkylation sites (N-methyl/N-ethyl adjacent to an activating group) is 1. The van der Waals surface area contributed by atoms with Gasteiger partial charge >= 0.3 is 0 Å². The molecular weight excluding hydrogens is 346 g/mol. The van der Waals surface area contributed by atoms with Crippen molar-refractivity contribution in [3.05, 3.63) is 52.7 Å². The second-order valence-electron chi connectivity index (χ2n) is 8.39. The molecule has 2 aliphatic rings. The smallest absolute Gasteiger partial charge is 0.0783 e. The predicted molar refractivity (Wildman–Crippen MR) is 118 cm³/mol. The van der Waals surface area contributed by atoms with E-state index in [1.165, 1.54) is 61.4 Å². The summed E-state index contributed by atoms with van der Waals surface area (Å²) in [4.78, 5) is 11.0. The molecule has 1 atom stereocenters. The first-order valence-electron chi connectivity index (χ1n) is 10.9. The average Bonchev–Trinajstić information content (AvgIpc) is 2.71. The Bertz CT molecular complexity index is 660. The van der Waals surface area contributed by atoms with E-state index >= 15 is 0 Å². The van der Waals surface area contributed by atoms with Crippen molar-refractivity contribution in [1.29, 1.82) is 0 Å². The Kier molecular flexibility index (Phi) is 8.13. The van der Waals surface area contributed by atoms with Crippen LogP contribution < -0.4 is 5.48 Å². The molecule has 0 amide bonds. The fourth-order valence-corrected chi connectivity index (χ4v) is 4.14. The number of hydrogen-bond acceptors (Lipinski definition) is 4. The van der Waals surface area contributed by atoms with Crippen LogP contribution in [0.2, 0.25) is 0 Å². The molecule has 0 saturated carbocycles. The Balaban J connectivity index is 1.55. The van der Waals surface area contributed by atoms with Crippen molar-refractivity contribution in [2.75, 3.05) is 46.4 Å². The van der Waals surface area contributed by atoms with Gasteiger partial charge in [0.2, 0.25) is 0 Å². The van der Waals surface area contributed by atoms with E-state index in [1.807, 2.05) is 0 Å². The topological polar surface area (TPSA) is 27.7 Å². The Morgan fingerprint density at radius 1 is 1.11 bits per heavy atom. The molecule has 1 N–H and O–H groups in total. The van der Waals surface area contributed by atoms with Crippen LogP contribution in [0.4, 0.5) is 0 Å². The normalized spacial score (nSPS) is 21.9. The van der Waals surface area contributed by atoms with Gasteiger partial charge in [0.15, 0.2) is 0 Å². The zero-order valence-corrected chi connectivity index (χ0v) is 17.9. The first-order valence-corrected chi connectivity index (χ1v) is 10.9. The zero-order chi connectivity index (χ0) is 19.8. The van der Waals surface area contributed by atoms with Crippen molar-refractivity contribution in [2.24, 2.45) is 5.92 Å². The summed E-state index contributed by atoms with van der Waals surface area (Å²) in [5.41, 5.74) is 8.70. The fraction of sp³-hybridized carbons (Fsp3) is 0.583. The van der Waals surface area contributed by atoms with E-state index < -0.39 is 0 Å². The summed E-state index contributed by atoms with van der Waals surface area (Å²) in [6.45, 7) is 11.1. The Hall–Kier alpha value is -1.62. The lowest BCUT2D eigenvalue weighted by molar-refractivity contribution is 0.0260. The van der Waals surface area contributed by atoms with Gasteiger partial charge in [-0.25, -0.2) is 0 Å². The number of rotatable bonds is 8. The first kappa shape index (κ1) is 21.1. The summed E-state index contributed by atoms with van der Waals surface area (Å²) in [7, 11) is 2.21. The first-order chi connectivity index (χ1) is 13.7. The molecule has 1 saturated heterocycles. The zero-order valence-electron chi connectivity index (χ0n) is 17.9. The number of benzene rings is 1. The van der Waals surface area contributed by atoms with Gasteiger partial charge in [0.25, 0.3) is 0 Å². The van der Waals surface area contributed by atoms with Crippen molar-refractivity contribution in [3.63, 3.8) is 0 Å². The lowest BCUT2D eigenvalue weighted by Crippen LogP contribution is -2.46. The van der Waals surface area contributed by atoms with Gasteiger partial charge < -0.3 is 9.80 Å². The maximum Gasteiger partial charge on any atom is 0.0783 e. The minimum atomic E-state index is 0.520. The minimum absolute atomic E-state index is 0.520. The van der Waals surface area contributed by atoms with E-state index in [1.54, 1.807) is 0 Å². The van der Waals surface area contributed by atoms with Crippen molar-refractivity contribution < 1.29 is 4.84 Å². The molecule has 1 aliphatic heterocycles. The molecule has 154 valence electrons. The molecule has 0 unspecified atom stereocenters. The van der Waals surface area contributed by atoms with E-state index in [2.05, 4.69) is 72.6 Å². The SMILES string of the molecule is CCC1=C(NOC[C@H](C)CN2CCN(C)CC2)C(=Cc2ccccc2)CCC1. The largest absolute Gasteiger partial charge is 0.304 e. The molecule has 1 fully saturated rings. The molecule has 1 heterocycles. The predicted octanol–water partition coefficient (Wildman–Crippen LogP) is 4.32. The Labute approximate surface area is 171 Å². The summed E-state index contributed by atoms with van der Waals surface area (Å²) >= 11 is 0. The maximum atomic E-state index is 6.01. The van der Waals surface area contributed by atoms with Gasteiger partial charge in [-0.15, -0.1) is 0 Å². The molecule has 0 bridgehead atoms. The highest BCUT2D eigenvalue weighted by Crippen LogP contribution is 2.31. The molecule has 28 heavy (non-hydrogen) atoms. The number of piperazine rings is 1. The summed E-state index contributed by atoms with van der Waals surface area (Å²) in [6, 6.07) is 10.6. The molecule has 1 aromatic carbocycles. The van der Waals surface area contributed by atoms with Crippen LogP contribution in [0.5, 0.6) is 0 Å². The third-order valence-corrected chi connectivity index (χ3v) is 5.87. The second kappa shape index (κ2) is 10.8. The molecule has 0 aromatic heterocycles. The van der Waals surface area contributed by atoms with Gasteiger partial charge in [-0.05, 0) is 61.4 Å². The third kappa shape index (κ3) is 6.20. The highest BCUT2D eigenvalue weighted by molar-refractivity contribution is 5.59. The van der Waals surface area contributed by atoms with Crippen molar-refractivity contribution in [1.82, 2.24) is 15.3 Å². The van der Waals surface area contributed by atoms with Gasteiger partial charge in [-0.1, -0.05) is 44.2 Å². The van der Waals surface area contributed by atoms with Gasteiger partial charge in [0, 0.05) is 32.7 Å². The number of hydroxylamine groups is 1. The average molecular weight is 384 g/mol. The van der Waals surface area contributed by atoms with Crippen LogP contribution in [0.15, 0.2) is 47.2 Å². The highest BCUT2D eigenvalue weighted by atomic mass is 16.6. The quantitative estimate of drug-likeness (QED) is 0.677. The van der Waals surface area contributed by atoms with Crippen molar-refractivity contribution in [3.8, 4) is 0 Å². The van der Waals surface area contributed by atoms with Crippen LogP contribution in [-0.4, -0.2) is 56.2 Å². The summed E-state index contributed by atoms with van der Waals surface area (Å²) < 4.78 is 0. The van der Waals surface area contributed by atoms with Crippen molar-refractivity contribution in [2.45, 2.75) is 39.5 Å². The van der Waals surface area contributed by atoms with Crippen LogP contribution in [0.25, 0.3) is 6.08 Å². The van der Waals surface area contributed by atoms with Crippen molar-refractivity contribution >= 4 is 6.08 Å². The molecule has 4 heteroatoms. The monoisotopic (exact) mass is 383 g/mol. The van der Waals surface area contributed by atoms with Crippen LogP contribution >= 0.6 is 0 Å². The van der Waals surface area contributed by atoms with E-state index in [0.29, 0.717) is 5.92 Å². The summed E-state index contributed by atoms with van der Waals surface area (Å²) in [5.74, 6) is 0.520. The number of nitrogens with one attached hydrogen (secondary N) is 1. The Morgan fingerprint density at radius 3 is 2.57 bits per heavy atom. The summed E-state index contributed by atoms with van der Waals surface area (Å²) in [6.07, 6.45) is 6.90. The summed E-state index contributed by atoms with van der Waals surface area (Å²) in [5, 5.41) is 0. The number of allylic oxidation sites excluding steroid dienone is 2. The van der Waals surface area contributed by atoms with Gasteiger partial charge in [0.05, 0.1) is 12.3 Å². The van der Waals surface area contributed by atoms with Crippen LogP contribution in [0.3, 0.4) is 0 Å². The highest BCUT2D eigenvalue weighted by Gasteiger charge is 2.19. The molecular formula is C24H37N3O. The van der Waals surface area contributed by atoms with Gasteiger partial charge in [-0.3, -0.25) is 10.3 Å². The van der Waals surface area contributed by atoms with E-state index in [0.717, 1.165) is 26.0 Å². The Morgan fingerprint density at radius 2 is 1.86 bits per heavy atom. The van der Waals surface area contributed by atoms with Crippen LogP contribution in [0, 0.1) is 5.92 Å². The minimum Gasteiger partial charge on any atom is -0.304 e. The molecule has 0 spiro atoms.